The quantitative estimate of drug-likeness (QED) is 0.831. The lowest BCUT2D eigenvalue weighted by atomic mass is 10.0. The normalized spacial score (nSPS) is 21.2. The second-order valence-corrected chi connectivity index (χ2v) is 6.53. The van der Waals surface area contributed by atoms with Gasteiger partial charge < -0.3 is 9.47 Å². The fraction of sp³-hybridized carbons (Fsp3) is 0.625. The summed E-state index contributed by atoms with van der Waals surface area (Å²) in [5.74, 6) is 1.92. The number of hydrogen-bond acceptors (Lipinski definition) is 5. The van der Waals surface area contributed by atoms with Crippen LogP contribution in [-0.4, -0.2) is 31.3 Å². The van der Waals surface area contributed by atoms with Gasteiger partial charge in [0, 0.05) is 25.7 Å². The number of piperidine rings is 1. The van der Waals surface area contributed by atoms with Gasteiger partial charge in [-0.2, -0.15) is 13.2 Å². The van der Waals surface area contributed by atoms with Crippen molar-refractivity contribution in [1.82, 2.24) is 24.7 Å². The van der Waals surface area contributed by atoms with Crippen LogP contribution in [0.25, 0.3) is 0 Å². The zero-order valence-electron chi connectivity index (χ0n) is 13.7. The van der Waals surface area contributed by atoms with E-state index in [-0.39, 0.29) is 12.0 Å². The van der Waals surface area contributed by atoms with Gasteiger partial charge in [0.1, 0.15) is 11.5 Å². The number of alkyl halides is 3. The molecule has 9 heteroatoms. The van der Waals surface area contributed by atoms with Gasteiger partial charge in [-0.25, -0.2) is 9.97 Å². The molecule has 1 fully saturated rings. The van der Waals surface area contributed by atoms with Crippen molar-refractivity contribution in [2.45, 2.75) is 57.3 Å². The highest BCUT2D eigenvalue weighted by Gasteiger charge is 2.35. The van der Waals surface area contributed by atoms with Crippen LogP contribution in [-0.2, 0) is 19.1 Å². The third-order valence-electron chi connectivity index (χ3n) is 4.88. The average molecular weight is 352 g/mol. The van der Waals surface area contributed by atoms with Crippen LogP contribution in [0.15, 0.2) is 12.3 Å². The molecule has 0 radical (unpaired) electrons. The largest absolute Gasteiger partial charge is 0.433 e. The highest BCUT2D eigenvalue weighted by atomic mass is 19.4. The van der Waals surface area contributed by atoms with Crippen LogP contribution in [0, 0.1) is 0 Å². The van der Waals surface area contributed by atoms with E-state index in [9.17, 15) is 13.2 Å². The van der Waals surface area contributed by atoms with Crippen LogP contribution in [0.4, 0.5) is 19.1 Å². The van der Waals surface area contributed by atoms with Crippen LogP contribution < -0.4 is 4.90 Å². The summed E-state index contributed by atoms with van der Waals surface area (Å²) >= 11 is 0. The van der Waals surface area contributed by atoms with Crippen molar-refractivity contribution >= 4 is 5.95 Å². The van der Waals surface area contributed by atoms with E-state index in [0.29, 0.717) is 6.54 Å². The Kier molecular flexibility index (Phi) is 4.09. The fourth-order valence-electron chi connectivity index (χ4n) is 3.66. The summed E-state index contributed by atoms with van der Waals surface area (Å²) in [7, 11) is 0. The molecule has 4 rings (SSSR count). The molecular weight excluding hydrogens is 333 g/mol. The number of anilines is 1. The second kappa shape index (κ2) is 6.27. The van der Waals surface area contributed by atoms with Gasteiger partial charge in [-0.3, -0.25) is 0 Å². The van der Waals surface area contributed by atoms with Crippen molar-refractivity contribution < 1.29 is 13.2 Å². The van der Waals surface area contributed by atoms with Crippen molar-refractivity contribution in [2.24, 2.45) is 0 Å². The first-order chi connectivity index (χ1) is 12.0. The number of rotatable bonds is 2. The zero-order chi connectivity index (χ0) is 17.4. The topological polar surface area (TPSA) is 59.7 Å². The molecule has 0 amide bonds. The van der Waals surface area contributed by atoms with Crippen LogP contribution in [0.1, 0.15) is 55.5 Å². The van der Waals surface area contributed by atoms with E-state index >= 15 is 0 Å². The van der Waals surface area contributed by atoms with E-state index < -0.39 is 11.9 Å². The summed E-state index contributed by atoms with van der Waals surface area (Å²) in [6.07, 6.45) is 2.50. The second-order valence-electron chi connectivity index (χ2n) is 6.53. The van der Waals surface area contributed by atoms with Crippen LogP contribution in [0.3, 0.4) is 0 Å². The van der Waals surface area contributed by atoms with Gasteiger partial charge in [0.2, 0.25) is 5.95 Å². The zero-order valence-corrected chi connectivity index (χ0v) is 13.7. The molecule has 0 aliphatic carbocycles. The molecule has 1 unspecified atom stereocenters. The van der Waals surface area contributed by atoms with Gasteiger partial charge in [0.15, 0.2) is 5.82 Å². The van der Waals surface area contributed by atoms with E-state index in [1.54, 1.807) is 0 Å². The lowest BCUT2D eigenvalue weighted by Gasteiger charge is -2.35. The summed E-state index contributed by atoms with van der Waals surface area (Å²) in [5.41, 5.74) is -0.912. The molecule has 25 heavy (non-hydrogen) atoms. The molecule has 1 saturated heterocycles. The van der Waals surface area contributed by atoms with E-state index in [0.717, 1.165) is 62.8 Å². The Bertz CT molecular complexity index is 757. The van der Waals surface area contributed by atoms with E-state index in [1.807, 2.05) is 4.90 Å². The Balaban J connectivity index is 1.69. The summed E-state index contributed by atoms with van der Waals surface area (Å²) in [6.45, 7) is 1.49. The first-order valence-corrected chi connectivity index (χ1v) is 8.63. The molecule has 0 spiro atoms. The summed E-state index contributed by atoms with van der Waals surface area (Å²) in [5, 5.41) is 8.64. The van der Waals surface area contributed by atoms with E-state index in [1.165, 1.54) is 6.20 Å². The number of aromatic nitrogens is 5. The minimum Gasteiger partial charge on any atom is -0.331 e. The molecule has 134 valence electrons. The third-order valence-corrected chi connectivity index (χ3v) is 4.88. The van der Waals surface area contributed by atoms with E-state index in [2.05, 4.69) is 24.7 Å². The number of fused-ring (bicyclic) bond motifs is 1. The molecule has 2 aromatic heterocycles. The van der Waals surface area contributed by atoms with Crippen molar-refractivity contribution in [3.63, 3.8) is 0 Å². The number of aryl methyl sites for hydroxylation is 1. The van der Waals surface area contributed by atoms with E-state index in [4.69, 9.17) is 0 Å². The Morgan fingerprint density at radius 2 is 1.88 bits per heavy atom. The monoisotopic (exact) mass is 352 g/mol. The maximum Gasteiger partial charge on any atom is 0.433 e. The highest BCUT2D eigenvalue weighted by Crippen LogP contribution is 2.35. The molecular formula is C16H19F3N6. The Labute approximate surface area is 143 Å². The van der Waals surface area contributed by atoms with Crippen molar-refractivity contribution in [2.75, 3.05) is 11.4 Å². The van der Waals surface area contributed by atoms with Gasteiger partial charge in [-0.1, -0.05) is 0 Å². The lowest BCUT2D eigenvalue weighted by Crippen LogP contribution is -2.37. The minimum absolute atomic E-state index is 0.118. The summed E-state index contributed by atoms with van der Waals surface area (Å²) < 4.78 is 41.1. The summed E-state index contributed by atoms with van der Waals surface area (Å²) in [4.78, 5) is 9.73. The number of halogens is 3. The van der Waals surface area contributed by atoms with Crippen LogP contribution in [0.2, 0.25) is 0 Å². The van der Waals surface area contributed by atoms with Gasteiger partial charge in [-0.05, 0) is 38.2 Å². The predicted octanol–water partition coefficient (Wildman–Crippen LogP) is 3.15. The minimum atomic E-state index is -4.48. The van der Waals surface area contributed by atoms with Gasteiger partial charge in [-0.15, -0.1) is 10.2 Å². The third kappa shape index (κ3) is 3.07. The molecule has 0 N–H and O–H groups in total. The molecule has 0 saturated carbocycles. The molecule has 4 heterocycles. The lowest BCUT2D eigenvalue weighted by molar-refractivity contribution is -0.141. The van der Waals surface area contributed by atoms with Crippen LogP contribution in [0.5, 0.6) is 0 Å². The first kappa shape index (κ1) is 16.3. The first-order valence-electron chi connectivity index (χ1n) is 8.63. The molecule has 1 atom stereocenters. The molecule has 2 aliphatic rings. The Morgan fingerprint density at radius 3 is 2.72 bits per heavy atom. The number of nitrogens with zero attached hydrogens (tertiary/aromatic N) is 6. The van der Waals surface area contributed by atoms with Gasteiger partial charge in [0.05, 0.1) is 6.04 Å². The highest BCUT2D eigenvalue weighted by molar-refractivity contribution is 5.35. The SMILES string of the molecule is FC(F)(F)c1ccnc(N2CCCCC2c2nnc3n2CCCC3)n1. The van der Waals surface area contributed by atoms with Crippen molar-refractivity contribution in [3.05, 3.63) is 29.6 Å². The summed E-state index contributed by atoms with van der Waals surface area (Å²) in [6, 6.07) is 0.776. The molecule has 6 nitrogen and oxygen atoms in total. The van der Waals surface area contributed by atoms with Gasteiger partial charge in [0.25, 0.3) is 0 Å². The molecule has 2 aromatic rings. The molecule has 0 bridgehead atoms. The van der Waals surface area contributed by atoms with Crippen molar-refractivity contribution in [1.29, 1.82) is 0 Å². The Hall–Kier alpha value is -2.19. The molecule has 2 aliphatic heterocycles. The maximum atomic E-state index is 13.0. The number of hydrogen-bond donors (Lipinski definition) is 0. The van der Waals surface area contributed by atoms with Gasteiger partial charge >= 0.3 is 6.18 Å². The Morgan fingerprint density at radius 1 is 1.04 bits per heavy atom. The molecule has 0 aromatic carbocycles. The standard InChI is InChI=1S/C16H19F3N6/c17-16(18,19)12-7-8-20-15(21-12)24-9-3-1-5-11(24)14-23-22-13-6-2-4-10-25(13)14/h7-8,11H,1-6,9-10H2. The fourth-order valence-corrected chi connectivity index (χ4v) is 3.66. The van der Waals surface area contributed by atoms with Crippen molar-refractivity contribution in [3.8, 4) is 0 Å². The smallest absolute Gasteiger partial charge is 0.331 e. The average Bonchev–Trinajstić information content (AvgIpc) is 3.05. The predicted molar refractivity (Wildman–Crippen MR) is 83.9 cm³/mol. The van der Waals surface area contributed by atoms with Crippen LogP contribution >= 0.6 is 0 Å². The maximum absolute atomic E-state index is 13.0.